The number of hydrogen-bond acceptors (Lipinski definition) is 2. The summed E-state index contributed by atoms with van der Waals surface area (Å²) < 4.78 is 0. The second-order valence-electron chi connectivity index (χ2n) is 6.04. The van der Waals surface area contributed by atoms with E-state index in [9.17, 15) is 4.79 Å². The van der Waals surface area contributed by atoms with Crippen LogP contribution in [0.3, 0.4) is 0 Å². The van der Waals surface area contributed by atoms with Crippen LogP contribution in [0, 0.1) is 5.41 Å². The number of carbonyl (C=O) groups excluding carboxylic acids is 1. The van der Waals surface area contributed by atoms with Crippen molar-refractivity contribution in [2.75, 3.05) is 6.54 Å². The largest absolute Gasteiger partial charge is 0.356 e. The summed E-state index contributed by atoms with van der Waals surface area (Å²) in [6.45, 7) is 3.06. The van der Waals surface area contributed by atoms with E-state index in [1.807, 2.05) is 30.3 Å². The van der Waals surface area contributed by atoms with Gasteiger partial charge < -0.3 is 11.1 Å². The van der Waals surface area contributed by atoms with Crippen molar-refractivity contribution in [2.24, 2.45) is 11.1 Å². The minimum Gasteiger partial charge on any atom is -0.356 e. The number of nitrogens with one attached hydrogen (secondary N) is 1. The molecule has 2 rings (SSSR count). The lowest BCUT2D eigenvalue weighted by Gasteiger charge is -2.41. The molecule has 3 heteroatoms. The van der Waals surface area contributed by atoms with E-state index in [1.54, 1.807) is 0 Å². The zero-order valence-electron chi connectivity index (χ0n) is 12.4. The molecule has 1 atom stereocenters. The van der Waals surface area contributed by atoms with Gasteiger partial charge in [0.2, 0.25) is 5.91 Å². The topological polar surface area (TPSA) is 55.1 Å². The number of carbonyl (C=O) groups is 1. The minimum absolute atomic E-state index is 0.0502. The molecule has 3 nitrogen and oxygen atoms in total. The average Bonchev–Trinajstić information content (AvgIpc) is 2.45. The lowest BCUT2D eigenvalue weighted by molar-refractivity contribution is -0.122. The van der Waals surface area contributed by atoms with Gasteiger partial charge in [-0.05, 0) is 36.7 Å². The first-order valence-corrected chi connectivity index (χ1v) is 7.72. The summed E-state index contributed by atoms with van der Waals surface area (Å²) in [5, 5.41) is 3.09. The van der Waals surface area contributed by atoms with Gasteiger partial charge in [-0.25, -0.2) is 0 Å². The molecule has 1 aliphatic carbocycles. The summed E-state index contributed by atoms with van der Waals surface area (Å²) in [4.78, 5) is 11.9. The molecule has 1 fully saturated rings. The van der Waals surface area contributed by atoms with Crippen LogP contribution in [0.1, 0.15) is 57.1 Å². The fraction of sp³-hybridized carbons (Fsp3) is 0.588. The predicted octanol–water partition coefficient (Wildman–Crippen LogP) is 3.16. The molecule has 1 aromatic rings. The van der Waals surface area contributed by atoms with Crippen molar-refractivity contribution in [3.8, 4) is 0 Å². The van der Waals surface area contributed by atoms with Crippen molar-refractivity contribution >= 4 is 5.91 Å². The van der Waals surface area contributed by atoms with Crippen molar-refractivity contribution in [3.63, 3.8) is 0 Å². The number of rotatable bonds is 7. The molecule has 1 unspecified atom stereocenters. The van der Waals surface area contributed by atoms with Crippen molar-refractivity contribution in [1.29, 1.82) is 0 Å². The van der Waals surface area contributed by atoms with Gasteiger partial charge >= 0.3 is 0 Å². The molecule has 1 saturated carbocycles. The summed E-state index contributed by atoms with van der Waals surface area (Å²) in [6, 6.07) is 9.93. The molecule has 110 valence electrons. The Kier molecular flexibility index (Phi) is 5.18. The third kappa shape index (κ3) is 3.83. The van der Waals surface area contributed by atoms with Crippen LogP contribution in [-0.2, 0) is 4.79 Å². The zero-order chi connectivity index (χ0) is 14.4. The smallest absolute Gasteiger partial charge is 0.220 e. The average molecular weight is 274 g/mol. The Hall–Kier alpha value is -1.35. The SMILES string of the molecule is CCC1(CNC(=O)CCC(N)c2ccccc2)CCC1. The molecule has 20 heavy (non-hydrogen) atoms. The molecular weight excluding hydrogens is 248 g/mol. The van der Waals surface area contributed by atoms with Crippen molar-refractivity contribution in [3.05, 3.63) is 35.9 Å². The molecule has 0 spiro atoms. The predicted molar refractivity (Wildman–Crippen MR) is 82.2 cm³/mol. The van der Waals surface area contributed by atoms with Crippen LogP contribution in [0.2, 0.25) is 0 Å². The van der Waals surface area contributed by atoms with E-state index in [1.165, 1.54) is 19.3 Å². The van der Waals surface area contributed by atoms with Gasteiger partial charge in [0.1, 0.15) is 0 Å². The number of hydrogen-bond donors (Lipinski definition) is 2. The Balaban J connectivity index is 1.70. The van der Waals surface area contributed by atoms with Gasteiger partial charge in [0.25, 0.3) is 0 Å². The van der Waals surface area contributed by atoms with Crippen LogP contribution in [-0.4, -0.2) is 12.5 Å². The standard InChI is InChI=1S/C17H26N2O/c1-2-17(11-6-12-17)13-19-16(20)10-9-15(18)14-7-4-3-5-8-14/h3-5,7-8,15H,2,6,9-13,18H2,1H3,(H,19,20). The van der Waals surface area contributed by atoms with Crippen molar-refractivity contribution in [2.45, 2.75) is 51.5 Å². The maximum Gasteiger partial charge on any atom is 0.220 e. The maximum absolute atomic E-state index is 11.9. The molecular formula is C17H26N2O. The summed E-state index contributed by atoms with van der Waals surface area (Å²) in [5.41, 5.74) is 7.60. The van der Waals surface area contributed by atoms with Gasteiger partial charge in [-0.2, -0.15) is 0 Å². The van der Waals surface area contributed by atoms with Gasteiger partial charge in [0, 0.05) is 19.0 Å². The first-order valence-electron chi connectivity index (χ1n) is 7.72. The zero-order valence-corrected chi connectivity index (χ0v) is 12.4. The molecule has 3 N–H and O–H groups in total. The van der Waals surface area contributed by atoms with Crippen LogP contribution in [0.25, 0.3) is 0 Å². The summed E-state index contributed by atoms with van der Waals surface area (Å²) in [6.07, 6.45) is 6.20. The summed E-state index contributed by atoms with van der Waals surface area (Å²) in [7, 11) is 0. The molecule has 1 aromatic carbocycles. The van der Waals surface area contributed by atoms with Crippen LogP contribution < -0.4 is 11.1 Å². The normalized spacial score (nSPS) is 18.1. The van der Waals surface area contributed by atoms with Gasteiger partial charge in [0.05, 0.1) is 0 Å². The first kappa shape index (κ1) is 15.0. The quantitative estimate of drug-likeness (QED) is 0.802. The maximum atomic E-state index is 11.9. The Morgan fingerprint density at radius 3 is 2.60 bits per heavy atom. The minimum atomic E-state index is -0.0502. The number of amides is 1. The Morgan fingerprint density at radius 2 is 2.05 bits per heavy atom. The molecule has 1 aliphatic rings. The lowest BCUT2D eigenvalue weighted by Crippen LogP contribution is -2.41. The van der Waals surface area contributed by atoms with E-state index in [-0.39, 0.29) is 11.9 Å². The summed E-state index contributed by atoms with van der Waals surface area (Å²) in [5.74, 6) is 0.135. The molecule has 0 bridgehead atoms. The van der Waals surface area contributed by atoms with Gasteiger partial charge in [-0.15, -0.1) is 0 Å². The van der Waals surface area contributed by atoms with E-state index in [4.69, 9.17) is 5.73 Å². The number of benzene rings is 1. The lowest BCUT2D eigenvalue weighted by atomic mass is 9.67. The fourth-order valence-corrected chi connectivity index (χ4v) is 2.86. The second kappa shape index (κ2) is 6.89. The third-order valence-electron chi connectivity index (χ3n) is 4.73. The Labute approximate surface area is 121 Å². The van der Waals surface area contributed by atoms with E-state index in [0.717, 1.165) is 18.5 Å². The Morgan fingerprint density at radius 1 is 1.35 bits per heavy atom. The highest BCUT2D eigenvalue weighted by Gasteiger charge is 2.35. The fourth-order valence-electron chi connectivity index (χ4n) is 2.86. The van der Waals surface area contributed by atoms with Gasteiger partial charge in [-0.1, -0.05) is 43.7 Å². The summed E-state index contributed by atoms with van der Waals surface area (Å²) >= 11 is 0. The van der Waals surface area contributed by atoms with Crippen LogP contribution in [0.4, 0.5) is 0 Å². The monoisotopic (exact) mass is 274 g/mol. The van der Waals surface area contributed by atoms with Crippen molar-refractivity contribution < 1.29 is 4.79 Å². The molecule has 0 aromatic heterocycles. The van der Waals surface area contributed by atoms with Crippen LogP contribution in [0.15, 0.2) is 30.3 Å². The van der Waals surface area contributed by atoms with Gasteiger partial charge in [0.15, 0.2) is 0 Å². The molecule has 0 aliphatic heterocycles. The van der Waals surface area contributed by atoms with Gasteiger partial charge in [-0.3, -0.25) is 4.79 Å². The van der Waals surface area contributed by atoms with Crippen molar-refractivity contribution in [1.82, 2.24) is 5.32 Å². The van der Waals surface area contributed by atoms with Crippen LogP contribution >= 0.6 is 0 Å². The van der Waals surface area contributed by atoms with E-state index >= 15 is 0 Å². The van der Waals surface area contributed by atoms with E-state index < -0.39 is 0 Å². The molecule has 1 amide bonds. The highest BCUT2D eigenvalue weighted by atomic mass is 16.1. The highest BCUT2D eigenvalue weighted by Crippen LogP contribution is 2.43. The molecule has 0 saturated heterocycles. The molecule has 0 heterocycles. The third-order valence-corrected chi connectivity index (χ3v) is 4.73. The van der Waals surface area contributed by atoms with E-state index in [0.29, 0.717) is 18.3 Å². The van der Waals surface area contributed by atoms with E-state index in [2.05, 4.69) is 12.2 Å². The Bertz CT molecular complexity index is 420. The second-order valence-corrected chi connectivity index (χ2v) is 6.04. The molecule has 0 radical (unpaired) electrons. The first-order chi connectivity index (χ1) is 9.65. The number of nitrogens with two attached hydrogens (primary N) is 1. The highest BCUT2D eigenvalue weighted by molar-refractivity contribution is 5.76. The van der Waals surface area contributed by atoms with Crippen LogP contribution in [0.5, 0.6) is 0 Å².